The molecule has 1 unspecified atom stereocenters. The zero-order chi connectivity index (χ0) is 15.5. The average molecular weight is 320 g/mol. The molecule has 3 rings (SSSR count). The van der Waals surface area contributed by atoms with Crippen molar-refractivity contribution in [2.24, 2.45) is 0 Å². The predicted molar refractivity (Wildman–Crippen MR) is 88.6 cm³/mol. The van der Waals surface area contributed by atoms with Crippen LogP contribution in [0, 0.1) is 0 Å². The first-order valence-corrected chi connectivity index (χ1v) is 8.58. The maximum atomic E-state index is 12.0. The van der Waals surface area contributed by atoms with Crippen molar-refractivity contribution in [2.75, 3.05) is 35.2 Å². The highest BCUT2D eigenvalue weighted by atomic mass is 32.2. The van der Waals surface area contributed by atoms with E-state index in [1.807, 2.05) is 12.1 Å². The minimum absolute atomic E-state index is 0.0458. The highest BCUT2D eigenvalue weighted by Gasteiger charge is 2.32. The molecule has 2 aliphatic rings. The van der Waals surface area contributed by atoms with Crippen LogP contribution in [0.1, 0.15) is 19.8 Å². The van der Waals surface area contributed by atoms with Gasteiger partial charge < -0.3 is 9.64 Å². The molecular weight excluding hydrogens is 300 g/mol. The molecule has 1 atom stereocenters. The number of thioether (sulfide) groups is 1. The lowest BCUT2D eigenvalue weighted by Gasteiger charge is -2.19. The topological polar surface area (TPSA) is 49.9 Å². The summed E-state index contributed by atoms with van der Waals surface area (Å²) < 4.78 is 5.31. The Kier molecular flexibility index (Phi) is 4.57. The van der Waals surface area contributed by atoms with Crippen LogP contribution in [0.3, 0.4) is 0 Å². The summed E-state index contributed by atoms with van der Waals surface area (Å²) >= 11 is 1.20. The van der Waals surface area contributed by atoms with E-state index < -0.39 is 0 Å². The van der Waals surface area contributed by atoms with Crippen LogP contribution in [0.2, 0.25) is 0 Å². The lowest BCUT2D eigenvalue weighted by molar-refractivity contribution is -0.109. The molecule has 0 spiro atoms. The number of nitrogens with zero attached hydrogens (tertiary/aromatic N) is 2. The second-order valence-corrected chi connectivity index (χ2v) is 6.83. The first-order chi connectivity index (χ1) is 10.6. The van der Waals surface area contributed by atoms with Gasteiger partial charge in [0.05, 0.1) is 6.54 Å². The summed E-state index contributed by atoms with van der Waals surface area (Å²) in [6, 6.07) is 8.06. The molecule has 0 aliphatic carbocycles. The Bertz CT molecular complexity index is 555. The van der Waals surface area contributed by atoms with Crippen LogP contribution in [-0.2, 0) is 9.53 Å². The molecule has 118 valence electrons. The molecular formula is C16H20N2O3S. The molecule has 0 aromatic heterocycles. The fourth-order valence-corrected chi connectivity index (χ4v) is 3.44. The number of ether oxygens (including phenoxy) is 1. The van der Waals surface area contributed by atoms with Gasteiger partial charge in [0.1, 0.15) is 6.10 Å². The maximum Gasteiger partial charge on any atom is 0.414 e. The lowest BCUT2D eigenvalue weighted by Crippen LogP contribution is -2.25. The SMILES string of the molecule is CC(=O)SCC1CN(c2ccc(N3CCCC3)cc2)C(=O)O1. The zero-order valence-corrected chi connectivity index (χ0v) is 13.5. The van der Waals surface area contributed by atoms with Gasteiger partial charge in [-0.05, 0) is 37.1 Å². The third-order valence-electron chi connectivity index (χ3n) is 3.98. The van der Waals surface area contributed by atoms with Gasteiger partial charge in [-0.1, -0.05) is 11.8 Å². The van der Waals surface area contributed by atoms with E-state index in [0.29, 0.717) is 12.3 Å². The molecule has 5 nitrogen and oxygen atoms in total. The van der Waals surface area contributed by atoms with Gasteiger partial charge in [-0.3, -0.25) is 9.69 Å². The van der Waals surface area contributed by atoms with Crippen molar-refractivity contribution in [1.29, 1.82) is 0 Å². The van der Waals surface area contributed by atoms with Crippen molar-refractivity contribution in [2.45, 2.75) is 25.9 Å². The van der Waals surface area contributed by atoms with E-state index in [0.717, 1.165) is 18.8 Å². The number of anilines is 2. The van der Waals surface area contributed by atoms with E-state index in [2.05, 4.69) is 17.0 Å². The quantitative estimate of drug-likeness (QED) is 0.854. The fraction of sp³-hybridized carbons (Fsp3) is 0.500. The monoisotopic (exact) mass is 320 g/mol. The number of carbonyl (C=O) groups is 2. The molecule has 2 fully saturated rings. The van der Waals surface area contributed by atoms with Crippen LogP contribution in [-0.4, -0.2) is 42.7 Å². The minimum atomic E-state index is -0.330. The van der Waals surface area contributed by atoms with Crippen molar-refractivity contribution < 1.29 is 14.3 Å². The van der Waals surface area contributed by atoms with E-state index in [-0.39, 0.29) is 17.3 Å². The molecule has 2 heterocycles. The van der Waals surface area contributed by atoms with Gasteiger partial charge in [-0.25, -0.2) is 4.79 Å². The highest BCUT2D eigenvalue weighted by Crippen LogP contribution is 2.27. The molecule has 6 heteroatoms. The van der Waals surface area contributed by atoms with E-state index in [9.17, 15) is 9.59 Å². The molecule has 1 aromatic carbocycles. The number of benzene rings is 1. The van der Waals surface area contributed by atoms with E-state index >= 15 is 0 Å². The molecule has 22 heavy (non-hydrogen) atoms. The largest absolute Gasteiger partial charge is 0.443 e. The molecule has 0 bridgehead atoms. The Labute approximate surface area is 134 Å². The number of cyclic esters (lactones) is 1. The molecule has 2 saturated heterocycles. The van der Waals surface area contributed by atoms with Crippen molar-refractivity contribution in [3.8, 4) is 0 Å². The summed E-state index contributed by atoms with van der Waals surface area (Å²) in [5, 5.41) is 0.0458. The normalized spacial score (nSPS) is 21.3. The van der Waals surface area contributed by atoms with Crippen LogP contribution >= 0.6 is 11.8 Å². The maximum absolute atomic E-state index is 12.0. The van der Waals surface area contributed by atoms with Crippen LogP contribution in [0.15, 0.2) is 24.3 Å². The Morgan fingerprint density at radius 2 is 1.86 bits per heavy atom. The van der Waals surface area contributed by atoms with E-state index in [1.54, 1.807) is 4.90 Å². The van der Waals surface area contributed by atoms with Crippen molar-refractivity contribution in [1.82, 2.24) is 0 Å². The van der Waals surface area contributed by atoms with Gasteiger partial charge in [-0.2, -0.15) is 0 Å². The summed E-state index contributed by atoms with van der Waals surface area (Å²) in [5.74, 6) is 0.517. The van der Waals surface area contributed by atoms with Crippen LogP contribution in [0.5, 0.6) is 0 Å². The predicted octanol–water partition coefficient (Wildman–Crippen LogP) is 2.89. The van der Waals surface area contributed by atoms with Crippen LogP contribution in [0.4, 0.5) is 16.2 Å². The molecule has 2 aliphatic heterocycles. The van der Waals surface area contributed by atoms with Gasteiger partial charge in [0, 0.05) is 37.1 Å². The molecule has 1 aromatic rings. The van der Waals surface area contributed by atoms with Crippen molar-refractivity contribution >= 4 is 34.3 Å². The van der Waals surface area contributed by atoms with Gasteiger partial charge >= 0.3 is 6.09 Å². The van der Waals surface area contributed by atoms with Crippen LogP contribution in [0.25, 0.3) is 0 Å². The first-order valence-electron chi connectivity index (χ1n) is 7.60. The second kappa shape index (κ2) is 6.60. The number of carbonyl (C=O) groups excluding carboxylic acids is 2. The molecule has 0 radical (unpaired) electrons. The minimum Gasteiger partial charge on any atom is -0.443 e. The Morgan fingerprint density at radius 1 is 1.23 bits per heavy atom. The van der Waals surface area contributed by atoms with E-state index in [4.69, 9.17) is 4.74 Å². The molecule has 0 saturated carbocycles. The Balaban J connectivity index is 1.63. The molecule has 1 amide bonds. The van der Waals surface area contributed by atoms with E-state index in [1.165, 1.54) is 37.2 Å². The summed E-state index contributed by atoms with van der Waals surface area (Å²) in [5.41, 5.74) is 2.06. The average Bonchev–Trinajstić information content (AvgIpc) is 3.15. The number of rotatable bonds is 4. The number of hydrogen-bond donors (Lipinski definition) is 0. The van der Waals surface area contributed by atoms with Gasteiger partial charge in [-0.15, -0.1) is 0 Å². The third kappa shape index (κ3) is 3.38. The highest BCUT2D eigenvalue weighted by molar-refractivity contribution is 8.13. The summed E-state index contributed by atoms with van der Waals surface area (Å²) in [7, 11) is 0. The van der Waals surface area contributed by atoms with Gasteiger partial charge in [0.2, 0.25) is 0 Å². The summed E-state index contributed by atoms with van der Waals surface area (Å²) in [6.07, 6.45) is 1.94. The Morgan fingerprint density at radius 3 is 2.50 bits per heavy atom. The number of hydrogen-bond acceptors (Lipinski definition) is 5. The lowest BCUT2D eigenvalue weighted by atomic mass is 10.2. The summed E-state index contributed by atoms with van der Waals surface area (Å²) in [6.45, 7) is 4.24. The smallest absolute Gasteiger partial charge is 0.414 e. The fourth-order valence-electron chi connectivity index (χ4n) is 2.85. The standard InChI is InChI=1S/C16H20N2O3S/c1-12(19)22-11-15-10-18(16(20)21-15)14-6-4-13(5-7-14)17-8-2-3-9-17/h4-7,15H,2-3,8-11H2,1H3. The number of amides is 1. The van der Waals surface area contributed by atoms with Crippen LogP contribution < -0.4 is 9.80 Å². The van der Waals surface area contributed by atoms with Crippen molar-refractivity contribution in [3.63, 3.8) is 0 Å². The first kappa shape index (κ1) is 15.2. The van der Waals surface area contributed by atoms with Gasteiger partial charge in [0.15, 0.2) is 5.12 Å². The summed E-state index contributed by atoms with van der Waals surface area (Å²) in [4.78, 5) is 27.0. The van der Waals surface area contributed by atoms with Gasteiger partial charge in [0.25, 0.3) is 0 Å². The third-order valence-corrected chi connectivity index (χ3v) is 4.92. The molecule has 0 N–H and O–H groups in total. The second-order valence-electron chi connectivity index (χ2n) is 5.63. The van der Waals surface area contributed by atoms with Crippen molar-refractivity contribution in [3.05, 3.63) is 24.3 Å². The Hall–Kier alpha value is -1.69. The zero-order valence-electron chi connectivity index (χ0n) is 12.7.